The molecule has 1 aromatic rings. The first-order valence-electron chi connectivity index (χ1n) is 10.7. The molecular weight excluding hydrogens is 324 g/mol. The van der Waals surface area contributed by atoms with E-state index < -0.39 is 6.16 Å². The molecule has 0 unspecified atom stereocenters. The molecule has 148 valence electrons. The Morgan fingerprint density at radius 3 is 1.85 bits per heavy atom. The van der Waals surface area contributed by atoms with Gasteiger partial charge in [0.2, 0.25) is 0 Å². The highest BCUT2D eigenvalue weighted by molar-refractivity contribution is 5.63. The maximum absolute atomic E-state index is 11.1. The van der Waals surface area contributed by atoms with Crippen LogP contribution in [0, 0.1) is 0 Å². The van der Waals surface area contributed by atoms with Crippen molar-refractivity contribution >= 4 is 6.16 Å². The minimum Gasteiger partial charge on any atom is -0.449 e. The third-order valence-electron chi connectivity index (χ3n) is 5.12. The summed E-state index contributed by atoms with van der Waals surface area (Å²) in [6, 6.07) is 3.91. The average molecular weight is 363 g/mol. The molecule has 0 aliphatic rings. The molecule has 0 aliphatic heterocycles. The molecule has 0 fully saturated rings. The van der Waals surface area contributed by atoms with Crippen molar-refractivity contribution in [3.8, 4) is 5.75 Å². The summed E-state index contributed by atoms with van der Waals surface area (Å²) in [4.78, 5) is 11.1. The van der Waals surface area contributed by atoms with Crippen LogP contribution in [0.5, 0.6) is 5.75 Å². The first-order chi connectivity index (χ1) is 12.6. The number of ether oxygens (including phenoxy) is 1. The molecule has 0 bridgehead atoms. The third-order valence-corrected chi connectivity index (χ3v) is 5.12. The molecule has 0 radical (unpaired) electrons. The molecule has 0 saturated heterocycles. The molecule has 0 atom stereocenters. The summed E-state index contributed by atoms with van der Waals surface area (Å²) in [7, 11) is 0. The fraction of sp³-hybridized carbons (Fsp3) is 0.696. The van der Waals surface area contributed by atoms with Gasteiger partial charge in [-0.3, -0.25) is 0 Å². The van der Waals surface area contributed by atoms with E-state index in [9.17, 15) is 4.79 Å². The highest BCUT2D eigenvalue weighted by Crippen LogP contribution is 2.30. The van der Waals surface area contributed by atoms with Crippen LogP contribution in [0.4, 0.5) is 4.79 Å². The molecule has 0 heterocycles. The van der Waals surface area contributed by atoms with E-state index in [4.69, 9.17) is 9.84 Å². The molecule has 1 aromatic carbocycles. The summed E-state index contributed by atoms with van der Waals surface area (Å²) in [6.45, 7) is 6.64. The second kappa shape index (κ2) is 13.7. The van der Waals surface area contributed by atoms with E-state index in [1.54, 1.807) is 0 Å². The van der Waals surface area contributed by atoms with E-state index >= 15 is 0 Å². The first kappa shape index (κ1) is 22.5. The normalized spacial score (nSPS) is 10.9. The van der Waals surface area contributed by atoms with E-state index in [0.717, 1.165) is 31.2 Å². The Hall–Kier alpha value is -1.51. The van der Waals surface area contributed by atoms with Crippen molar-refractivity contribution in [3.63, 3.8) is 0 Å². The summed E-state index contributed by atoms with van der Waals surface area (Å²) in [5.41, 5.74) is 3.83. The Morgan fingerprint density at radius 1 is 0.808 bits per heavy atom. The molecule has 3 heteroatoms. The maximum atomic E-state index is 11.1. The van der Waals surface area contributed by atoms with Gasteiger partial charge < -0.3 is 9.84 Å². The van der Waals surface area contributed by atoms with Gasteiger partial charge in [-0.15, -0.1) is 0 Å². The standard InChI is InChI=1S/C23H38O3/c1-4-7-9-11-13-15-20-19(6-3)17-18-22(26-23(24)25)21(20)16-14-12-10-8-5-2/h17-18H,4-16H2,1-3H3,(H,24,25). The van der Waals surface area contributed by atoms with Crippen molar-refractivity contribution in [2.24, 2.45) is 0 Å². The average Bonchev–Trinajstić information content (AvgIpc) is 2.62. The van der Waals surface area contributed by atoms with Crippen LogP contribution in [0.25, 0.3) is 0 Å². The van der Waals surface area contributed by atoms with Crippen LogP contribution >= 0.6 is 0 Å². The van der Waals surface area contributed by atoms with Gasteiger partial charge in [-0.2, -0.15) is 0 Å². The predicted molar refractivity (Wildman–Crippen MR) is 109 cm³/mol. The highest BCUT2D eigenvalue weighted by atomic mass is 16.7. The van der Waals surface area contributed by atoms with Gasteiger partial charge in [-0.05, 0) is 54.9 Å². The summed E-state index contributed by atoms with van der Waals surface area (Å²) < 4.78 is 5.13. The summed E-state index contributed by atoms with van der Waals surface area (Å²) in [5.74, 6) is 0.550. The minimum atomic E-state index is -1.21. The van der Waals surface area contributed by atoms with E-state index in [1.165, 1.54) is 68.9 Å². The van der Waals surface area contributed by atoms with Crippen molar-refractivity contribution in [3.05, 3.63) is 28.8 Å². The SMILES string of the molecule is CCCCCCCc1c(CC)ccc(OC(=O)O)c1CCCCCCC. The summed E-state index contributed by atoms with van der Waals surface area (Å²) >= 11 is 0. The van der Waals surface area contributed by atoms with E-state index in [-0.39, 0.29) is 0 Å². The predicted octanol–water partition coefficient (Wildman–Crippen LogP) is 7.33. The topological polar surface area (TPSA) is 46.5 Å². The van der Waals surface area contributed by atoms with Crippen molar-refractivity contribution in [1.29, 1.82) is 0 Å². The van der Waals surface area contributed by atoms with Crippen LogP contribution in [0.15, 0.2) is 12.1 Å². The smallest absolute Gasteiger partial charge is 0.449 e. The maximum Gasteiger partial charge on any atom is 0.511 e. The van der Waals surface area contributed by atoms with E-state index in [0.29, 0.717) is 5.75 Å². The lowest BCUT2D eigenvalue weighted by Gasteiger charge is -2.18. The fourth-order valence-electron chi connectivity index (χ4n) is 3.64. The van der Waals surface area contributed by atoms with Gasteiger partial charge in [-0.25, -0.2) is 4.79 Å². The van der Waals surface area contributed by atoms with Crippen LogP contribution in [0.3, 0.4) is 0 Å². The minimum absolute atomic E-state index is 0.550. The van der Waals surface area contributed by atoms with Gasteiger partial charge in [0, 0.05) is 0 Å². The number of hydrogen-bond acceptors (Lipinski definition) is 2. The van der Waals surface area contributed by atoms with Gasteiger partial charge in [0.25, 0.3) is 0 Å². The van der Waals surface area contributed by atoms with E-state index in [2.05, 4.69) is 26.8 Å². The number of unbranched alkanes of at least 4 members (excludes halogenated alkanes) is 8. The Balaban J connectivity index is 2.89. The third kappa shape index (κ3) is 8.25. The monoisotopic (exact) mass is 362 g/mol. The molecule has 0 saturated carbocycles. The lowest BCUT2D eigenvalue weighted by molar-refractivity contribution is 0.144. The lowest BCUT2D eigenvalue weighted by atomic mass is 9.90. The van der Waals surface area contributed by atoms with Crippen LogP contribution in [-0.2, 0) is 19.3 Å². The number of hydrogen-bond donors (Lipinski definition) is 1. The van der Waals surface area contributed by atoms with Gasteiger partial charge in [0.05, 0.1) is 0 Å². The molecule has 26 heavy (non-hydrogen) atoms. The van der Waals surface area contributed by atoms with E-state index in [1.807, 2.05) is 6.07 Å². The molecule has 1 rings (SSSR count). The zero-order chi connectivity index (χ0) is 19.2. The molecule has 1 N–H and O–H groups in total. The summed E-state index contributed by atoms with van der Waals surface area (Å²) in [6.07, 6.45) is 14.1. The first-order valence-corrected chi connectivity index (χ1v) is 10.7. The largest absolute Gasteiger partial charge is 0.511 e. The van der Waals surface area contributed by atoms with Gasteiger partial charge in [-0.1, -0.05) is 78.2 Å². The molecule has 0 spiro atoms. The quantitative estimate of drug-likeness (QED) is 0.214. The molecule has 0 amide bonds. The zero-order valence-corrected chi connectivity index (χ0v) is 17.1. The van der Waals surface area contributed by atoms with Crippen LogP contribution in [-0.4, -0.2) is 11.3 Å². The molecule has 3 nitrogen and oxygen atoms in total. The van der Waals surface area contributed by atoms with Gasteiger partial charge in [0.15, 0.2) is 0 Å². The van der Waals surface area contributed by atoms with Crippen molar-refractivity contribution in [1.82, 2.24) is 0 Å². The highest BCUT2D eigenvalue weighted by Gasteiger charge is 2.15. The number of aryl methyl sites for hydroxylation is 1. The van der Waals surface area contributed by atoms with Gasteiger partial charge >= 0.3 is 6.16 Å². The second-order valence-electron chi connectivity index (χ2n) is 7.23. The Kier molecular flexibility index (Phi) is 11.8. The second-order valence-corrected chi connectivity index (χ2v) is 7.23. The molecular formula is C23H38O3. The Morgan fingerprint density at radius 2 is 1.35 bits per heavy atom. The van der Waals surface area contributed by atoms with Crippen LogP contribution < -0.4 is 4.74 Å². The zero-order valence-electron chi connectivity index (χ0n) is 17.1. The number of carboxylic acid groups (broad SMARTS) is 1. The number of benzene rings is 1. The van der Waals surface area contributed by atoms with Crippen LogP contribution in [0.2, 0.25) is 0 Å². The van der Waals surface area contributed by atoms with Crippen molar-refractivity contribution in [2.45, 2.75) is 104 Å². The van der Waals surface area contributed by atoms with Crippen molar-refractivity contribution in [2.75, 3.05) is 0 Å². The fourth-order valence-corrected chi connectivity index (χ4v) is 3.64. The summed E-state index contributed by atoms with van der Waals surface area (Å²) in [5, 5.41) is 9.10. The van der Waals surface area contributed by atoms with Crippen LogP contribution in [0.1, 0.15) is 102 Å². The Labute approximate surface area is 160 Å². The molecule has 0 aliphatic carbocycles. The van der Waals surface area contributed by atoms with Gasteiger partial charge in [0.1, 0.15) is 5.75 Å². The Bertz CT molecular complexity index is 522. The number of carbonyl (C=O) groups is 1. The lowest BCUT2D eigenvalue weighted by Crippen LogP contribution is -2.09. The number of rotatable bonds is 14. The van der Waals surface area contributed by atoms with Crippen molar-refractivity contribution < 1.29 is 14.6 Å². The molecule has 0 aromatic heterocycles.